The maximum absolute atomic E-state index is 10.9. The van der Waals surface area contributed by atoms with Gasteiger partial charge in [-0.25, -0.2) is 4.79 Å². The molecule has 1 unspecified atom stereocenters. The SMILES string of the molecule is COC(=O)COC(/C=C/COC(C)=O)C(C)C. The number of methoxy groups -OCH3 is 1. The topological polar surface area (TPSA) is 61.8 Å². The number of carbonyl (C=O) groups excluding carboxylic acids is 2. The van der Waals surface area contributed by atoms with E-state index < -0.39 is 5.97 Å². The van der Waals surface area contributed by atoms with Crippen molar-refractivity contribution < 1.29 is 23.8 Å². The second-order valence-corrected chi connectivity index (χ2v) is 3.83. The van der Waals surface area contributed by atoms with Crippen molar-refractivity contribution in [3.05, 3.63) is 12.2 Å². The fourth-order valence-electron chi connectivity index (χ4n) is 1.05. The first-order chi connectivity index (χ1) is 7.97. The fraction of sp³-hybridized carbons (Fsp3) is 0.667. The summed E-state index contributed by atoms with van der Waals surface area (Å²) in [6, 6.07) is 0. The van der Waals surface area contributed by atoms with Crippen LogP contribution < -0.4 is 0 Å². The van der Waals surface area contributed by atoms with Crippen LogP contribution in [0.15, 0.2) is 12.2 Å². The first-order valence-corrected chi connectivity index (χ1v) is 5.45. The van der Waals surface area contributed by atoms with E-state index in [1.807, 2.05) is 13.8 Å². The molecule has 0 heterocycles. The molecule has 0 radical (unpaired) electrons. The van der Waals surface area contributed by atoms with Crippen LogP contribution in [0.5, 0.6) is 0 Å². The molecule has 0 N–H and O–H groups in total. The second-order valence-electron chi connectivity index (χ2n) is 3.83. The van der Waals surface area contributed by atoms with E-state index >= 15 is 0 Å². The third-order valence-electron chi connectivity index (χ3n) is 1.99. The molecule has 1 atom stereocenters. The van der Waals surface area contributed by atoms with Crippen LogP contribution in [-0.4, -0.2) is 38.4 Å². The Bertz CT molecular complexity index is 270. The zero-order valence-electron chi connectivity index (χ0n) is 10.8. The van der Waals surface area contributed by atoms with E-state index in [0.29, 0.717) is 0 Å². The van der Waals surface area contributed by atoms with Crippen LogP contribution >= 0.6 is 0 Å². The van der Waals surface area contributed by atoms with E-state index in [1.54, 1.807) is 12.2 Å². The lowest BCUT2D eigenvalue weighted by Gasteiger charge is -2.17. The summed E-state index contributed by atoms with van der Waals surface area (Å²) in [5.74, 6) is -0.525. The Balaban J connectivity index is 4.06. The number of hydrogen-bond donors (Lipinski definition) is 0. The quantitative estimate of drug-likeness (QED) is 0.499. The Labute approximate surface area is 102 Å². The van der Waals surface area contributed by atoms with E-state index in [1.165, 1.54) is 14.0 Å². The summed E-state index contributed by atoms with van der Waals surface area (Å²) in [5.41, 5.74) is 0. The lowest BCUT2D eigenvalue weighted by Crippen LogP contribution is -2.22. The molecule has 0 aliphatic carbocycles. The molecule has 0 saturated carbocycles. The average molecular weight is 244 g/mol. The normalized spacial score (nSPS) is 12.8. The largest absolute Gasteiger partial charge is 0.467 e. The number of esters is 2. The van der Waals surface area contributed by atoms with Gasteiger partial charge in [-0.05, 0) is 12.0 Å². The molecular weight excluding hydrogens is 224 g/mol. The average Bonchev–Trinajstić information content (AvgIpc) is 2.26. The number of hydrogen-bond acceptors (Lipinski definition) is 5. The minimum Gasteiger partial charge on any atom is -0.467 e. The Morgan fingerprint density at radius 3 is 2.41 bits per heavy atom. The summed E-state index contributed by atoms with van der Waals surface area (Å²) in [5, 5.41) is 0. The molecule has 0 aliphatic heterocycles. The van der Waals surface area contributed by atoms with E-state index in [-0.39, 0.29) is 31.2 Å². The standard InChI is InChI=1S/C12H20O5/c1-9(2)11(17-8-12(14)15-4)6-5-7-16-10(3)13/h5-6,9,11H,7-8H2,1-4H3/b6-5+. The first kappa shape index (κ1) is 15.6. The Hall–Kier alpha value is -1.36. The fourth-order valence-corrected chi connectivity index (χ4v) is 1.05. The lowest BCUT2D eigenvalue weighted by atomic mass is 10.1. The highest BCUT2D eigenvalue weighted by Crippen LogP contribution is 2.08. The van der Waals surface area contributed by atoms with Gasteiger partial charge in [-0.15, -0.1) is 0 Å². The molecule has 5 heteroatoms. The molecule has 0 amide bonds. The monoisotopic (exact) mass is 244 g/mol. The van der Waals surface area contributed by atoms with Crippen molar-refractivity contribution in [1.29, 1.82) is 0 Å². The predicted octanol–water partition coefficient (Wildman–Crippen LogP) is 1.32. The van der Waals surface area contributed by atoms with Crippen LogP contribution in [0.4, 0.5) is 0 Å². The summed E-state index contributed by atoms with van der Waals surface area (Å²) in [6.45, 7) is 5.41. The van der Waals surface area contributed by atoms with Crippen molar-refractivity contribution in [1.82, 2.24) is 0 Å². The summed E-state index contributed by atoms with van der Waals surface area (Å²) >= 11 is 0. The van der Waals surface area contributed by atoms with Crippen LogP contribution in [0.25, 0.3) is 0 Å². The third-order valence-corrected chi connectivity index (χ3v) is 1.99. The summed E-state index contributed by atoms with van der Waals surface area (Å²) in [4.78, 5) is 21.4. The molecule has 0 bridgehead atoms. The summed E-state index contributed by atoms with van der Waals surface area (Å²) in [7, 11) is 1.31. The molecule has 0 aromatic rings. The van der Waals surface area contributed by atoms with Gasteiger partial charge in [0, 0.05) is 6.92 Å². The van der Waals surface area contributed by atoms with E-state index in [9.17, 15) is 9.59 Å². The van der Waals surface area contributed by atoms with Gasteiger partial charge < -0.3 is 14.2 Å². The molecular formula is C12H20O5. The van der Waals surface area contributed by atoms with Crippen LogP contribution in [-0.2, 0) is 23.8 Å². The number of rotatable bonds is 7. The van der Waals surface area contributed by atoms with Crippen molar-refractivity contribution in [2.24, 2.45) is 5.92 Å². The second kappa shape index (κ2) is 8.75. The highest BCUT2D eigenvalue weighted by molar-refractivity contribution is 5.70. The number of carbonyl (C=O) groups is 2. The molecule has 0 aromatic carbocycles. The zero-order chi connectivity index (χ0) is 13.3. The maximum Gasteiger partial charge on any atom is 0.331 e. The van der Waals surface area contributed by atoms with Crippen LogP contribution in [0.1, 0.15) is 20.8 Å². The van der Waals surface area contributed by atoms with Crippen LogP contribution in [0, 0.1) is 5.92 Å². The van der Waals surface area contributed by atoms with E-state index in [4.69, 9.17) is 9.47 Å². The first-order valence-electron chi connectivity index (χ1n) is 5.45. The molecule has 0 fully saturated rings. The minimum atomic E-state index is -0.413. The van der Waals surface area contributed by atoms with Gasteiger partial charge in [0.1, 0.15) is 13.2 Å². The number of ether oxygens (including phenoxy) is 3. The van der Waals surface area contributed by atoms with Crippen molar-refractivity contribution in [2.45, 2.75) is 26.9 Å². The van der Waals surface area contributed by atoms with E-state index in [2.05, 4.69) is 4.74 Å². The highest BCUT2D eigenvalue weighted by atomic mass is 16.6. The molecule has 0 saturated heterocycles. The predicted molar refractivity (Wildman–Crippen MR) is 62.4 cm³/mol. The van der Waals surface area contributed by atoms with Crippen molar-refractivity contribution >= 4 is 11.9 Å². The summed E-state index contributed by atoms with van der Waals surface area (Å²) in [6.07, 6.45) is 3.27. The summed E-state index contributed by atoms with van der Waals surface area (Å²) < 4.78 is 14.6. The van der Waals surface area contributed by atoms with Crippen molar-refractivity contribution in [2.75, 3.05) is 20.3 Å². The molecule has 0 aromatic heterocycles. The highest BCUT2D eigenvalue weighted by Gasteiger charge is 2.12. The van der Waals surface area contributed by atoms with Crippen molar-refractivity contribution in [3.63, 3.8) is 0 Å². The Kier molecular flexibility index (Phi) is 8.05. The van der Waals surface area contributed by atoms with Crippen LogP contribution in [0.2, 0.25) is 0 Å². The van der Waals surface area contributed by atoms with Gasteiger partial charge in [-0.1, -0.05) is 19.9 Å². The van der Waals surface area contributed by atoms with Gasteiger partial charge in [-0.2, -0.15) is 0 Å². The van der Waals surface area contributed by atoms with Gasteiger partial charge in [0.05, 0.1) is 13.2 Å². The van der Waals surface area contributed by atoms with Gasteiger partial charge in [0.15, 0.2) is 0 Å². The van der Waals surface area contributed by atoms with Gasteiger partial charge in [-0.3, -0.25) is 4.79 Å². The van der Waals surface area contributed by atoms with Gasteiger partial charge in [0.2, 0.25) is 0 Å². The lowest BCUT2D eigenvalue weighted by molar-refractivity contribution is -0.147. The minimum absolute atomic E-state index is 0.0861. The molecule has 0 aliphatic rings. The van der Waals surface area contributed by atoms with E-state index in [0.717, 1.165) is 0 Å². The van der Waals surface area contributed by atoms with Crippen LogP contribution in [0.3, 0.4) is 0 Å². The van der Waals surface area contributed by atoms with Crippen molar-refractivity contribution in [3.8, 4) is 0 Å². The Morgan fingerprint density at radius 2 is 1.94 bits per heavy atom. The van der Waals surface area contributed by atoms with Gasteiger partial charge >= 0.3 is 11.9 Å². The molecule has 5 nitrogen and oxygen atoms in total. The maximum atomic E-state index is 10.9. The van der Waals surface area contributed by atoms with Gasteiger partial charge in [0.25, 0.3) is 0 Å². The molecule has 0 spiro atoms. The molecule has 98 valence electrons. The molecule has 17 heavy (non-hydrogen) atoms. The zero-order valence-corrected chi connectivity index (χ0v) is 10.8. The third kappa shape index (κ3) is 8.45. The molecule has 0 rings (SSSR count). The Morgan fingerprint density at radius 1 is 1.29 bits per heavy atom. The smallest absolute Gasteiger partial charge is 0.331 e.